The van der Waals surface area contributed by atoms with Gasteiger partial charge in [0.1, 0.15) is 11.7 Å². The molecule has 4 heterocycles. The standard InChI is InChI=1S/C18H25NO2.C9H10O3.C8H16N2.C2H6S.CH4O.CH4/c1-19-15-7-8-16(19)10-13(9-15)11-18(21)17(12-20)14-5-3-2-4-6-14;10-6-8(9(11)12)7-4-2-1-3-5-7;1-10-7-2-3-8(10)5-6(9)4-7;1-3-2;1-2;/h2-6,13,15-17,20H,7-12H2,1H3;1-5,8,10H,6H2,(H,11,12);6-8H,2-5,9H2,1H3;1-2H3;2H,1H3;1H4/t13?,15-,16+,17?;;6?,7-,8+;;;/i;;;1D;;. The topological polar surface area (TPSA) is 148 Å². The van der Waals surface area contributed by atoms with Gasteiger partial charge in [0.05, 0.1) is 19.1 Å². The second-order valence-corrected chi connectivity index (χ2v) is 13.8. The summed E-state index contributed by atoms with van der Waals surface area (Å²) in [4.78, 5) is 28.2. The average Bonchev–Trinajstić information content (AvgIpc) is 3.43. The predicted molar refractivity (Wildman–Crippen MR) is 203 cm³/mol. The number of aliphatic carboxylic acids is 1. The molecule has 49 heavy (non-hydrogen) atoms. The van der Waals surface area contributed by atoms with Crippen molar-refractivity contribution in [3.8, 4) is 0 Å². The van der Waals surface area contributed by atoms with Gasteiger partial charge in [-0.3, -0.25) is 9.59 Å². The number of aliphatic hydroxyl groups is 3. The number of hydrogen-bond donors (Lipinski definition) is 5. The van der Waals surface area contributed by atoms with Crippen LogP contribution < -0.4 is 5.73 Å². The van der Waals surface area contributed by atoms with Gasteiger partial charge >= 0.3 is 5.97 Å². The predicted octanol–water partition coefficient (Wildman–Crippen LogP) is 5.24. The minimum atomic E-state index is -0.997. The van der Waals surface area contributed by atoms with Crippen molar-refractivity contribution in [2.75, 3.05) is 46.9 Å². The van der Waals surface area contributed by atoms with Gasteiger partial charge in [-0.15, -0.1) is 0 Å². The van der Waals surface area contributed by atoms with Crippen molar-refractivity contribution in [1.29, 1.82) is 0 Å². The summed E-state index contributed by atoms with van der Waals surface area (Å²) in [5.41, 5.74) is 7.47. The number of nitrogens with zero attached hydrogens (tertiary/aromatic N) is 2. The number of Topliss-reactive ketones (excluding diaryl/α,β-unsaturated/α-hetero) is 1. The van der Waals surface area contributed by atoms with Crippen LogP contribution in [0.15, 0.2) is 60.7 Å². The third kappa shape index (κ3) is 13.7. The first-order valence-corrected chi connectivity index (χ1v) is 18.5. The number of rotatable bonds is 8. The molecule has 2 aromatic carbocycles. The van der Waals surface area contributed by atoms with E-state index in [2.05, 4.69) is 23.9 Å². The van der Waals surface area contributed by atoms with Crippen LogP contribution in [0, 0.1) is 5.92 Å². The van der Waals surface area contributed by atoms with Gasteiger partial charge in [-0.05, 0) is 95.0 Å². The molecule has 0 spiro atoms. The van der Waals surface area contributed by atoms with Crippen molar-refractivity contribution >= 4 is 23.5 Å². The Kier molecular flexibility index (Phi) is 21.0. The lowest BCUT2D eigenvalue weighted by Crippen LogP contribution is -2.45. The van der Waals surface area contributed by atoms with E-state index in [0.717, 1.165) is 37.6 Å². The Morgan fingerprint density at radius 1 is 0.796 bits per heavy atom. The fraction of sp³-hybridized carbons (Fsp3) is 0.641. The molecule has 8 atom stereocenters. The average molecular weight is 705 g/mol. The number of piperidine rings is 2. The van der Waals surface area contributed by atoms with E-state index in [1.54, 1.807) is 30.3 Å². The van der Waals surface area contributed by atoms with E-state index in [1.807, 2.05) is 36.6 Å². The largest absolute Gasteiger partial charge is 0.481 e. The third-order valence-electron chi connectivity index (χ3n) is 10.3. The summed E-state index contributed by atoms with van der Waals surface area (Å²) in [6, 6.07) is 21.8. The first-order chi connectivity index (χ1) is 23.6. The summed E-state index contributed by atoms with van der Waals surface area (Å²) in [6.45, 7) is -0.443. The van der Waals surface area contributed by atoms with Crippen LogP contribution in [-0.2, 0) is 9.59 Å². The van der Waals surface area contributed by atoms with Crippen LogP contribution >= 0.6 is 11.8 Å². The number of fused-ring (bicyclic) bond motifs is 4. The van der Waals surface area contributed by atoms with Crippen molar-refractivity contribution in [2.45, 2.75) is 107 Å². The molecule has 10 heteroatoms. The number of hydrogen-bond acceptors (Lipinski definition) is 9. The lowest BCUT2D eigenvalue weighted by molar-refractivity contribution is -0.139. The molecule has 0 radical (unpaired) electrons. The lowest BCUT2D eigenvalue weighted by atomic mass is 9.83. The highest BCUT2D eigenvalue weighted by atomic mass is 32.2. The molecule has 4 aliphatic rings. The number of thioether (sulfide) groups is 1. The maximum Gasteiger partial charge on any atom is 0.313 e. The van der Waals surface area contributed by atoms with Gasteiger partial charge in [0.2, 0.25) is 0 Å². The molecule has 6 N–H and O–H groups in total. The molecule has 0 saturated carbocycles. The Bertz CT molecular complexity index is 1170. The Hall–Kier alpha value is -2.31. The Labute approximate surface area is 301 Å². The SMILES string of the molecule is C.CN1[C@@H]2CC[C@H]1CC(CC(=O)C(CO)c1ccccc1)C2.CN1[C@@H]2CC[C@H]1CC(N)C2.CO.O=C(O)C(CO)c1ccccc1.[2H]CSC. The van der Waals surface area contributed by atoms with E-state index in [1.165, 1.54) is 50.3 Å². The highest BCUT2D eigenvalue weighted by Gasteiger charge is 2.39. The summed E-state index contributed by atoms with van der Waals surface area (Å²) in [5, 5.41) is 34.0. The number of carbonyl (C=O) groups is 2. The van der Waals surface area contributed by atoms with Gasteiger partial charge in [-0.2, -0.15) is 11.8 Å². The van der Waals surface area contributed by atoms with Crippen LogP contribution in [-0.4, -0.2) is 119 Å². The zero-order valence-corrected chi connectivity index (χ0v) is 30.2. The molecular weight excluding hydrogens is 639 g/mol. The van der Waals surface area contributed by atoms with E-state index in [9.17, 15) is 14.7 Å². The Morgan fingerprint density at radius 2 is 1.16 bits per heavy atom. The lowest BCUT2D eigenvalue weighted by Gasteiger charge is -2.36. The summed E-state index contributed by atoms with van der Waals surface area (Å²) < 4.78 is 6.41. The molecule has 9 nitrogen and oxygen atoms in total. The molecule has 0 aromatic heterocycles. The van der Waals surface area contributed by atoms with E-state index in [4.69, 9.17) is 22.4 Å². The fourth-order valence-corrected chi connectivity index (χ4v) is 7.66. The Balaban J connectivity index is 0.000000367. The van der Waals surface area contributed by atoms with Crippen molar-refractivity contribution < 1.29 is 31.4 Å². The molecule has 278 valence electrons. The zero-order valence-electron chi connectivity index (χ0n) is 30.4. The number of carbonyl (C=O) groups excluding carboxylic acids is 1. The fourth-order valence-electron chi connectivity index (χ4n) is 7.66. The smallest absolute Gasteiger partial charge is 0.313 e. The number of benzene rings is 2. The number of carboxylic acid groups (broad SMARTS) is 1. The summed E-state index contributed by atoms with van der Waals surface area (Å²) in [6.07, 6.45) is 13.1. The van der Waals surface area contributed by atoms with E-state index < -0.39 is 11.9 Å². The Morgan fingerprint density at radius 3 is 1.51 bits per heavy atom. The van der Waals surface area contributed by atoms with Crippen LogP contribution in [0.1, 0.15) is 89.5 Å². The summed E-state index contributed by atoms with van der Waals surface area (Å²) in [7, 11) is 5.47. The first kappa shape index (κ1) is 42.9. The van der Waals surface area contributed by atoms with Crippen LogP contribution in [0.3, 0.4) is 0 Å². The van der Waals surface area contributed by atoms with Crippen LogP contribution in [0.5, 0.6) is 0 Å². The van der Waals surface area contributed by atoms with Gasteiger partial charge in [0.15, 0.2) is 0 Å². The first-order valence-electron chi connectivity index (χ1n) is 17.8. The van der Waals surface area contributed by atoms with E-state index >= 15 is 0 Å². The molecule has 6 rings (SSSR count). The molecule has 2 aromatic rings. The van der Waals surface area contributed by atoms with Gasteiger partial charge in [0, 0.05) is 45.1 Å². The molecule has 4 bridgehead atoms. The van der Waals surface area contributed by atoms with E-state index in [0.29, 0.717) is 42.3 Å². The van der Waals surface area contributed by atoms with Gasteiger partial charge in [0.25, 0.3) is 0 Å². The quantitative estimate of drug-likeness (QED) is 0.247. The zero-order chi connectivity index (χ0) is 36.3. The minimum absolute atomic E-state index is 0. The minimum Gasteiger partial charge on any atom is -0.481 e. The van der Waals surface area contributed by atoms with Crippen molar-refractivity contribution in [1.82, 2.24) is 9.80 Å². The van der Waals surface area contributed by atoms with Gasteiger partial charge in [-0.25, -0.2) is 0 Å². The molecule has 4 aliphatic heterocycles. The maximum absolute atomic E-state index is 12.6. The summed E-state index contributed by atoms with van der Waals surface area (Å²) >= 11 is 1.52. The molecule has 4 fully saturated rings. The number of carboxylic acids is 1. The number of ketones is 1. The number of aliphatic hydroxyl groups excluding tert-OH is 3. The van der Waals surface area contributed by atoms with Gasteiger partial charge < -0.3 is 36.0 Å². The normalized spacial score (nSPS) is 26.6. The van der Waals surface area contributed by atoms with Crippen LogP contribution in [0.25, 0.3) is 0 Å². The van der Waals surface area contributed by atoms with Crippen LogP contribution in [0.2, 0.25) is 0 Å². The van der Waals surface area contributed by atoms with Crippen LogP contribution in [0.4, 0.5) is 0 Å². The van der Waals surface area contributed by atoms with Crippen molar-refractivity contribution in [3.05, 3.63) is 71.8 Å². The van der Waals surface area contributed by atoms with Gasteiger partial charge in [-0.1, -0.05) is 68.1 Å². The summed E-state index contributed by atoms with van der Waals surface area (Å²) in [5.74, 6) is -1.43. The number of nitrogens with two attached hydrogens (primary N) is 1. The molecular formula is C39H65N3O6S. The molecule has 0 amide bonds. The molecule has 4 unspecified atom stereocenters. The van der Waals surface area contributed by atoms with Crippen molar-refractivity contribution in [2.24, 2.45) is 11.7 Å². The monoisotopic (exact) mass is 704 g/mol. The third-order valence-corrected chi connectivity index (χ3v) is 10.3. The van der Waals surface area contributed by atoms with Crippen molar-refractivity contribution in [3.63, 3.8) is 0 Å². The second kappa shape index (κ2) is 24.0. The molecule has 4 saturated heterocycles. The maximum atomic E-state index is 12.6. The second-order valence-electron chi connectivity index (χ2n) is 13.3. The highest BCUT2D eigenvalue weighted by Crippen LogP contribution is 2.39. The van der Waals surface area contributed by atoms with E-state index in [-0.39, 0.29) is 32.3 Å². The molecule has 0 aliphatic carbocycles. The highest BCUT2D eigenvalue weighted by molar-refractivity contribution is 7.97.